The maximum absolute atomic E-state index is 11.4. The van der Waals surface area contributed by atoms with E-state index in [0.29, 0.717) is 5.92 Å². The number of nitrogens with zero attached hydrogens (tertiary/aromatic N) is 1. The number of carbonyl (C=O) groups excluding carboxylic acids is 1. The average Bonchev–Trinajstić information content (AvgIpc) is 2.54. The zero-order valence-electron chi connectivity index (χ0n) is 9.42. The lowest BCUT2D eigenvalue weighted by molar-refractivity contribution is -0.130. The van der Waals surface area contributed by atoms with Crippen molar-refractivity contribution in [3.63, 3.8) is 0 Å². The summed E-state index contributed by atoms with van der Waals surface area (Å²) in [5.41, 5.74) is 0. The predicted octanol–water partition coefficient (Wildman–Crippen LogP) is 1.10. The molecule has 1 fully saturated rings. The van der Waals surface area contributed by atoms with E-state index in [1.807, 2.05) is 13.8 Å². The summed E-state index contributed by atoms with van der Waals surface area (Å²) in [6.45, 7) is 7.14. The molecule has 0 aromatic carbocycles. The maximum Gasteiger partial charge on any atom is 0.239 e. The van der Waals surface area contributed by atoms with Gasteiger partial charge in [-0.05, 0) is 18.9 Å². The van der Waals surface area contributed by atoms with Crippen molar-refractivity contribution >= 4 is 5.91 Å². The third kappa shape index (κ3) is 3.77. The Hall–Kier alpha value is -0.570. The molecule has 1 N–H and O–H groups in total. The topological polar surface area (TPSA) is 32.3 Å². The highest BCUT2D eigenvalue weighted by Gasteiger charge is 2.27. The van der Waals surface area contributed by atoms with Gasteiger partial charge in [0.05, 0.1) is 6.04 Å². The summed E-state index contributed by atoms with van der Waals surface area (Å²) < 4.78 is 0. The van der Waals surface area contributed by atoms with Crippen molar-refractivity contribution in [3.05, 3.63) is 0 Å². The first kappa shape index (κ1) is 12.4. The lowest BCUT2D eigenvalue weighted by Crippen LogP contribution is -2.39. The minimum absolute atomic E-state index is 0.0694. The highest BCUT2D eigenvalue weighted by atomic mass is 16.2. The first-order chi connectivity index (χ1) is 6.11. The van der Waals surface area contributed by atoms with Crippen LogP contribution in [0.15, 0.2) is 0 Å². The molecule has 2 unspecified atom stereocenters. The minimum Gasteiger partial charge on any atom is -0.347 e. The molecule has 0 spiro atoms. The predicted molar refractivity (Wildman–Crippen MR) is 55.6 cm³/mol. The smallest absolute Gasteiger partial charge is 0.239 e. The fraction of sp³-hybridized carbons (Fsp3) is 0.900. The molecule has 78 valence electrons. The Morgan fingerprint density at radius 3 is 2.23 bits per heavy atom. The number of rotatable bonds is 1. The van der Waals surface area contributed by atoms with Crippen molar-refractivity contribution in [2.75, 3.05) is 20.6 Å². The number of hydrogen-bond acceptors (Lipinski definition) is 2. The van der Waals surface area contributed by atoms with Crippen LogP contribution in [0.25, 0.3) is 0 Å². The third-order valence-electron chi connectivity index (χ3n) is 2.09. The number of carbonyl (C=O) groups is 1. The van der Waals surface area contributed by atoms with Gasteiger partial charge < -0.3 is 10.2 Å². The zero-order valence-corrected chi connectivity index (χ0v) is 9.42. The molecule has 1 aliphatic heterocycles. The molecule has 1 rings (SSSR count). The van der Waals surface area contributed by atoms with Crippen LogP contribution in [0, 0.1) is 5.92 Å². The SMILES string of the molecule is CC.CC1CNC(C(=O)N(C)C)C1. The second-order valence-electron chi connectivity index (χ2n) is 3.53. The van der Waals surface area contributed by atoms with Gasteiger partial charge in [0.1, 0.15) is 0 Å². The Morgan fingerprint density at radius 2 is 1.92 bits per heavy atom. The van der Waals surface area contributed by atoms with Crippen LogP contribution in [0.2, 0.25) is 0 Å². The summed E-state index contributed by atoms with van der Waals surface area (Å²) in [5.74, 6) is 0.846. The molecule has 13 heavy (non-hydrogen) atoms. The molecule has 0 aromatic heterocycles. The van der Waals surface area contributed by atoms with E-state index in [2.05, 4.69) is 12.2 Å². The van der Waals surface area contributed by atoms with Gasteiger partial charge in [-0.15, -0.1) is 0 Å². The number of hydrogen-bond donors (Lipinski definition) is 1. The molecule has 0 saturated carbocycles. The molecular formula is C10H22N2O. The summed E-state index contributed by atoms with van der Waals surface area (Å²) in [4.78, 5) is 13.0. The largest absolute Gasteiger partial charge is 0.347 e. The Bertz CT molecular complexity index is 157. The van der Waals surface area contributed by atoms with Crippen LogP contribution < -0.4 is 5.32 Å². The number of likely N-dealkylation sites (N-methyl/N-ethyl adjacent to an activating group) is 1. The van der Waals surface area contributed by atoms with Gasteiger partial charge in [-0.25, -0.2) is 0 Å². The van der Waals surface area contributed by atoms with Crippen LogP contribution in [0.5, 0.6) is 0 Å². The van der Waals surface area contributed by atoms with E-state index in [1.165, 1.54) is 0 Å². The van der Waals surface area contributed by atoms with Crippen LogP contribution in [0.4, 0.5) is 0 Å². The standard InChI is InChI=1S/C8H16N2O.C2H6/c1-6-4-7(9-5-6)8(11)10(2)3;1-2/h6-7,9H,4-5H2,1-3H3;1-2H3. The van der Waals surface area contributed by atoms with Crippen molar-refractivity contribution in [3.8, 4) is 0 Å². The van der Waals surface area contributed by atoms with E-state index in [1.54, 1.807) is 19.0 Å². The molecule has 0 aromatic rings. The van der Waals surface area contributed by atoms with E-state index < -0.39 is 0 Å². The Labute approximate surface area is 81.5 Å². The van der Waals surface area contributed by atoms with Gasteiger partial charge in [0.25, 0.3) is 0 Å². The van der Waals surface area contributed by atoms with E-state index in [4.69, 9.17) is 0 Å². The molecule has 1 saturated heterocycles. The van der Waals surface area contributed by atoms with Crippen molar-refractivity contribution in [1.29, 1.82) is 0 Å². The normalized spacial score (nSPS) is 26.2. The van der Waals surface area contributed by atoms with Crippen LogP contribution >= 0.6 is 0 Å². The number of amides is 1. The summed E-state index contributed by atoms with van der Waals surface area (Å²) in [5, 5.41) is 3.20. The Balaban J connectivity index is 0.000000671. The zero-order chi connectivity index (χ0) is 10.4. The molecule has 0 bridgehead atoms. The van der Waals surface area contributed by atoms with Crippen molar-refractivity contribution in [1.82, 2.24) is 10.2 Å². The molecule has 1 aliphatic rings. The highest BCUT2D eigenvalue weighted by Crippen LogP contribution is 2.13. The molecule has 2 atom stereocenters. The van der Waals surface area contributed by atoms with Gasteiger partial charge in [-0.3, -0.25) is 4.79 Å². The fourth-order valence-corrected chi connectivity index (χ4v) is 1.41. The van der Waals surface area contributed by atoms with Crippen LogP contribution in [-0.4, -0.2) is 37.5 Å². The van der Waals surface area contributed by atoms with Gasteiger partial charge in [0, 0.05) is 14.1 Å². The van der Waals surface area contributed by atoms with Gasteiger partial charge in [0.15, 0.2) is 0 Å². The molecule has 3 heteroatoms. The molecule has 0 aliphatic carbocycles. The van der Waals surface area contributed by atoms with E-state index in [0.717, 1.165) is 13.0 Å². The quantitative estimate of drug-likeness (QED) is 0.665. The second-order valence-corrected chi connectivity index (χ2v) is 3.53. The number of nitrogens with one attached hydrogen (secondary N) is 1. The summed E-state index contributed by atoms with van der Waals surface area (Å²) in [7, 11) is 3.60. The fourth-order valence-electron chi connectivity index (χ4n) is 1.41. The van der Waals surface area contributed by atoms with Crippen molar-refractivity contribution in [2.45, 2.75) is 33.2 Å². The van der Waals surface area contributed by atoms with E-state index >= 15 is 0 Å². The van der Waals surface area contributed by atoms with Crippen molar-refractivity contribution in [2.24, 2.45) is 5.92 Å². The lowest BCUT2D eigenvalue weighted by Gasteiger charge is -2.15. The molecule has 0 radical (unpaired) electrons. The van der Waals surface area contributed by atoms with E-state index in [-0.39, 0.29) is 11.9 Å². The monoisotopic (exact) mass is 186 g/mol. The second kappa shape index (κ2) is 5.97. The van der Waals surface area contributed by atoms with Gasteiger partial charge in [-0.2, -0.15) is 0 Å². The summed E-state index contributed by atoms with van der Waals surface area (Å²) in [6.07, 6.45) is 0.983. The summed E-state index contributed by atoms with van der Waals surface area (Å²) >= 11 is 0. The van der Waals surface area contributed by atoms with Crippen LogP contribution in [0.3, 0.4) is 0 Å². The Kier molecular flexibility index (Phi) is 5.71. The van der Waals surface area contributed by atoms with Gasteiger partial charge >= 0.3 is 0 Å². The van der Waals surface area contributed by atoms with Crippen LogP contribution in [-0.2, 0) is 4.79 Å². The van der Waals surface area contributed by atoms with Crippen molar-refractivity contribution < 1.29 is 4.79 Å². The van der Waals surface area contributed by atoms with Crippen LogP contribution in [0.1, 0.15) is 27.2 Å². The maximum atomic E-state index is 11.4. The molecule has 1 amide bonds. The highest BCUT2D eigenvalue weighted by molar-refractivity contribution is 5.81. The molecule has 3 nitrogen and oxygen atoms in total. The Morgan fingerprint density at radius 1 is 1.38 bits per heavy atom. The first-order valence-electron chi connectivity index (χ1n) is 5.06. The van der Waals surface area contributed by atoms with Gasteiger partial charge in [-0.1, -0.05) is 20.8 Å². The molecular weight excluding hydrogens is 164 g/mol. The first-order valence-corrected chi connectivity index (χ1v) is 5.06. The van der Waals surface area contributed by atoms with E-state index in [9.17, 15) is 4.79 Å². The average molecular weight is 186 g/mol. The minimum atomic E-state index is 0.0694. The third-order valence-corrected chi connectivity index (χ3v) is 2.09. The molecule has 1 heterocycles. The lowest BCUT2D eigenvalue weighted by atomic mass is 10.1. The summed E-state index contributed by atoms with van der Waals surface area (Å²) in [6, 6.07) is 0.0694. The van der Waals surface area contributed by atoms with Gasteiger partial charge in [0.2, 0.25) is 5.91 Å².